The normalized spacial score (nSPS) is 11.2. The number of aryl methyl sites for hydroxylation is 1. The lowest BCUT2D eigenvalue weighted by atomic mass is 10.2. The highest BCUT2D eigenvalue weighted by atomic mass is 19.4. The molecule has 0 atom stereocenters. The molecule has 0 radical (unpaired) electrons. The van der Waals surface area contributed by atoms with Gasteiger partial charge in [0.15, 0.2) is 0 Å². The third-order valence-corrected chi connectivity index (χ3v) is 2.66. The van der Waals surface area contributed by atoms with Crippen molar-refractivity contribution in [2.24, 2.45) is 0 Å². The number of nitrogens with zero attached hydrogens (tertiary/aromatic N) is 1. The number of alkyl halides is 3. The smallest absolute Gasteiger partial charge is 0.416 e. The Bertz CT molecular complexity index is 635. The number of aromatic nitrogens is 1. The molecule has 0 aliphatic carbocycles. The topological polar surface area (TPSA) is 22.1 Å². The second kappa shape index (κ2) is 5.36. The van der Waals surface area contributed by atoms with E-state index in [9.17, 15) is 13.2 Å². The largest absolute Gasteiger partial charge is 0.439 e. The maximum absolute atomic E-state index is 12.6. The molecule has 2 nitrogen and oxygen atoms in total. The van der Waals surface area contributed by atoms with Crippen LogP contribution in [0, 0.1) is 6.92 Å². The van der Waals surface area contributed by atoms with Crippen LogP contribution < -0.4 is 4.74 Å². The van der Waals surface area contributed by atoms with Crippen molar-refractivity contribution in [1.82, 2.24) is 4.98 Å². The van der Waals surface area contributed by atoms with E-state index >= 15 is 0 Å². The van der Waals surface area contributed by atoms with Crippen molar-refractivity contribution in [2.75, 3.05) is 0 Å². The summed E-state index contributed by atoms with van der Waals surface area (Å²) in [6.07, 6.45) is -2.86. The van der Waals surface area contributed by atoms with Gasteiger partial charge in [0.25, 0.3) is 0 Å². The molecule has 0 aliphatic heterocycles. The number of halogens is 3. The number of hydrogen-bond acceptors (Lipinski definition) is 2. The van der Waals surface area contributed by atoms with Crippen LogP contribution in [0.2, 0.25) is 0 Å². The summed E-state index contributed by atoms with van der Waals surface area (Å²) in [6, 6.07) is 8.21. The van der Waals surface area contributed by atoms with Crippen LogP contribution in [0.4, 0.5) is 13.2 Å². The average molecular weight is 279 g/mol. The minimum atomic E-state index is -4.40. The average Bonchev–Trinajstić information content (AvgIpc) is 2.41. The summed E-state index contributed by atoms with van der Waals surface area (Å²) in [5.41, 5.74) is 0.568. The Hall–Kier alpha value is -2.30. The Balaban J connectivity index is 2.33. The van der Waals surface area contributed by atoms with Crippen molar-refractivity contribution in [1.29, 1.82) is 0 Å². The highest BCUT2D eigenvalue weighted by molar-refractivity contribution is 5.45. The van der Waals surface area contributed by atoms with Crippen molar-refractivity contribution < 1.29 is 17.9 Å². The maximum atomic E-state index is 12.6. The zero-order chi connectivity index (χ0) is 14.8. The zero-order valence-corrected chi connectivity index (χ0v) is 10.7. The molecule has 0 saturated carbocycles. The van der Waals surface area contributed by atoms with Gasteiger partial charge in [0.1, 0.15) is 5.75 Å². The first-order chi connectivity index (χ1) is 9.40. The Morgan fingerprint density at radius 1 is 1.20 bits per heavy atom. The fraction of sp³-hybridized carbons (Fsp3) is 0.133. The van der Waals surface area contributed by atoms with Crippen LogP contribution in [0.5, 0.6) is 11.6 Å². The van der Waals surface area contributed by atoms with Crippen molar-refractivity contribution >= 4 is 6.08 Å². The van der Waals surface area contributed by atoms with E-state index in [1.54, 1.807) is 25.1 Å². The molecule has 5 heteroatoms. The highest BCUT2D eigenvalue weighted by Crippen LogP contribution is 2.32. The van der Waals surface area contributed by atoms with Crippen molar-refractivity contribution in [3.8, 4) is 11.6 Å². The summed E-state index contributed by atoms with van der Waals surface area (Å²) in [6.45, 7) is 5.36. The van der Waals surface area contributed by atoms with Crippen LogP contribution in [0.3, 0.4) is 0 Å². The van der Waals surface area contributed by atoms with Crippen LogP contribution in [0.1, 0.15) is 16.8 Å². The number of benzene rings is 1. The molecular weight excluding hydrogens is 267 g/mol. The Kier molecular flexibility index (Phi) is 3.79. The fourth-order valence-electron chi connectivity index (χ4n) is 1.59. The van der Waals surface area contributed by atoms with Crippen molar-refractivity contribution in [3.63, 3.8) is 0 Å². The number of rotatable bonds is 3. The zero-order valence-electron chi connectivity index (χ0n) is 10.7. The lowest BCUT2D eigenvalue weighted by Gasteiger charge is -2.11. The first kappa shape index (κ1) is 14.1. The molecule has 104 valence electrons. The van der Waals surface area contributed by atoms with E-state index in [-0.39, 0.29) is 11.6 Å². The third-order valence-electron chi connectivity index (χ3n) is 2.66. The minimum absolute atomic E-state index is 0.0941. The molecule has 0 spiro atoms. The molecular formula is C15H12F3NO. The van der Waals surface area contributed by atoms with E-state index in [0.29, 0.717) is 5.69 Å². The fourth-order valence-corrected chi connectivity index (χ4v) is 1.59. The molecule has 1 heterocycles. The third kappa shape index (κ3) is 3.17. The lowest BCUT2D eigenvalue weighted by Crippen LogP contribution is -2.04. The van der Waals surface area contributed by atoms with Gasteiger partial charge in [-0.2, -0.15) is 13.2 Å². The molecule has 20 heavy (non-hydrogen) atoms. The van der Waals surface area contributed by atoms with Gasteiger partial charge in [-0.3, -0.25) is 0 Å². The van der Waals surface area contributed by atoms with Gasteiger partial charge < -0.3 is 4.74 Å². The predicted molar refractivity (Wildman–Crippen MR) is 70.6 cm³/mol. The summed E-state index contributed by atoms with van der Waals surface area (Å²) in [5.74, 6) is 0.360. The van der Waals surface area contributed by atoms with Crippen molar-refractivity contribution in [3.05, 3.63) is 59.8 Å². The molecule has 0 N–H and O–H groups in total. The lowest BCUT2D eigenvalue weighted by molar-refractivity contribution is -0.137. The van der Waals surface area contributed by atoms with E-state index in [1.807, 2.05) is 0 Å². The Morgan fingerprint density at radius 3 is 2.60 bits per heavy atom. The molecule has 0 aliphatic rings. The maximum Gasteiger partial charge on any atom is 0.416 e. The van der Waals surface area contributed by atoms with Crippen LogP contribution in [0.15, 0.2) is 43.0 Å². The van der Waals surface area contributed by atoms with Gasteiger partial charge in [-0.1, -0.05) is 18.7 Å². The van der Waals surface area contributed by atoms with E-state index in [0.717, 1.165) is 17.7 Å². The van der Waals surface area contributed by atoms with E-state index in [2.05, 4.69) is 11.6 Å². The highest BCUT2D eigenvalue weighted by Gasteiger charge is 2.30. The standard InChI is InChI=1S/C15H12F3NO/c1-3-12-8-7-10(2)14(19-12)20-13-6-4-5-11(9-13)15(16,17)18/h3-9H,1H2,2H3. The summed E-state index contributed by atoms with van der Waals surface area (Å²) < 4.78 is 43.3. The summed E-state index contributed by atoms with van der Waals surface area (Å²) in [4.78, 5) is 4.16. The second-order valence-corrected chi connectivity index (χ2v) is 4.19. The van der Waals surface area contributed by atoms with E-state index < -0.39 is 11.7 Å². The first-order valence-electron chi connectivity index (χ1n) is 5.85. The van der Waals surface area contributed by atoms with Gasteiger partial charge in [-0.05, 0) is 37.3 Å². The van der Waals surface area contributed by atoms with Gasteiger partial charge in [0, 0.05) is 5.56 Å². The van der Waals surface area contributed by atoms with Crippen LogP contribution in [0.25, 0.3) is 6.08 Å². The van der Waals surface area contributed by atoms with Crippen molar-refractivity contribution in [2.45, 2.75) is 13.1 Å². The molecule has 0 amide bonds. The van der Waals surface area contributed by atoms with E-state index in [4.69, 9.17) is 4.74 Å². The SMILES string of the molecule is C=Cc1ccc(C)c(Oc2cccc(C(F)(F)F)c2)n1. The number of pyridine rings is 1. The molecule has 2 aromatic rings. The predicted octanol–water partition coefficient (Wildman–Crippen LogP) is 4.84. The van der Waals surface area contributed by atoms with Crippen LogP contribution in [-0.4, -0.2) is 4.98 Å². The monoisotopic (exact) mass is 279 g/mol. The molecule has 0 fully saturated rings. The Labute approximate surface area is 114 Å². The quantitative estimate of drug-likeness (QED) is 0.801. The van der Waals surface area contributed by atoms with Gasteiger partial charge in [0.2, 0.25) is 5.88 Å². The minimum Gasteiger partial charge on any atom is -0.439 e. The molecule has 1 aromatic carbocycles. The summed E-state index contributed by atoms with van der Waals surface area (Å²) >= 11 is 0. The summed E-state index contributed by atoms with van der Waals surface area (Å²) in [7, 11) is 0. The van der Waals surface area contributed by atoms with Gasteiger partial charge in [-0.15, -0.1) is 0 Å². The molecule has 0 bridgehead atoms. The molecule has 0 unspecified atom stereocenters. The van der Waals surface area contributed by atoms with Crippen LogP contribution >= 0.6 is 0 Å². The molecule has 0 saturated heterocycles. The Morgan fingerprint density at radius 2 is 1.95 bits per heavy atom. The van der Waals surface area contributed by atoms with Gasteiger partial charge in [-0.25, -0.2) is 4.98 Å². The first-order valence-corrected chi connectivity index (χ1v) is 5.85. The van der Waals surface area contributed by atoms with Crippen LogP contribution in [-0.2, 0) is 6.18 Å². The van der Waals surface area contributed by atoms with Gasteiger partial charge >= 0.3 is 6.18 Å². The molecule has 2 rings (SSSR count). The second-order valence-electron chi connectivity index (χ2n) is 4.19. The van der Waals surface area contributed by atoms with Gasteiger partial charge in [0.05, 0.1) is 11.3 Å². The van der Waals surface area contributed by atoms with E-state index in [1.165, 1.54) is 12.1 Å². The number of hydrogen-bond donors (Lipinski definition) is 0. The molecule has 1 aromatic heterocycles. The summed E-state index contributed by atoms with van der Waals surface area (Å²) in [5, 5.41) is 0. The number of ether oxygens (including phenoxy) is 1.